The van der Waals surface area contributed by atoms with Gasteiger partial charge in [0, 0.05) is 0 Å². The number of halogens is 5. The molecule has 0 amide bonds. The van der Waals surface area contributed by atoms with Gasteiger partial charge in [-0.1, -0.05) is 36.4 Å². The van der Waals surface area contributed by atoms with E-state index in [0.29, 0.717) is 5.56 Å². The van der Waals surface area contributed by atoms with Gasteiger partial charge in [0.2, 0.25) is 0 Å². The van der Waals surface area contributed by atoms with E-state index in [-0.39, 0.29) is 5.56 Å². The zero-order valence-corrected chi connectivity index (χ0v) is 7.93. The van der Waals surface area contributed by atoms with Crippen LogP contribution >= 0.6 is 0 Å². The number of rotatable bonds is 1. The average molecular weight is 234 g/mol. The lowest BCUT2D eigenvalue weighted by molar-refractivity contribution is -0.286. The molecule has 0 saturated heterocycles. The zero-order chi connectivity index (χ0) is 12.0. The number of hydrogen-bond donors (Lipinski definition) is 0. The van der Waals surface area contributed by atoms with E-state index in [2.05, 4.69) is 0 Å². The van der Waals surface area contributed by atoms with Gasteiger partial charge in [-0.15, -0.1) is 0 Å². The van der Waals surface area contributed by atoms with Crippen LogP contribution in [0.25, 0.3) is 6.08 Å². The summed E-state index contributed by atoms with van der Waals surface area (Å²) in [4.78, 5) is 0. The van der Waals surface area contributed by atoms with Crippen LogP contribution in [-0.2, 0) is 0 Å². The van der Waals surface area contributed by atoms with Crippen molar-refractivity contribution < 1.29 is 22.0 Å². The quantitative estimate of drug-likeness (QED) is 0.644. The third-order valence-electron chi connectivity index (χ3n) is 2.57. The minimum absolute atomic E-state index is 0.0184. The molecule has 0 heterocycles. The smallest absolute Gasteiger partial charge is 0.195 e. The lowest BCUT2D eigenvalue weighted by Crippen LogP contribution is -2.41. The highest BCUT2D eigenvalue weighted by atomic mass is 19.4. The minimum atomic E-state index is -5.53. The molecule has 0 fully saturated rings. The first-order valence-corrected chi connectivity index (χ1v) is 4.55. The fraction of sp³-hybridized carbons (Fsp3) is 0.273. The van der Waals surface area contributed by atoms with Crippen LogP contribution in [-0.4, -0.2) is 12.1 Å². The molecule has 0 nitrogen and oxygen atoms in total. The highest BCUT2D eigenvalue weighted by molar-refractivity contribution is 5.63. The molecule has 86 valence electrons. The Bertz CT molecular complexity index is 430. The van der Waals surface area contributed by atoms with Gasteiger partial charge in [-0.05, 0) is 11.1 Å². The molecule has 2 rings (SSSR count). The summed E-state index contributed by atoms with van der Waals surface area (Å²) in [6, 6.07) is 5.85. The second-order valence-corrected chi connectivity index (χ2v) is 3.59. The Morgan fingerprint density at radius 2 is 1.56 bits per heavy atom. The normalized spacial score (nSPS) is 19.9. The van der Waals surface area contributed by atoms with E-state index >= 15 is 0 Å². The maximum atomic E-state index is 13.1. The van der Waals surface area contributed by atoms with Crippen LogP contribution < -0.4 is 0 Å². The lowest BCUT2D eigenvalue weighted by atomic mass is 9.94. The molecule has 16 heavy (non-hydrogen) atoms. The van der Waals surface area contributed by atoms with Crippen LogP contribution in [0.5, 0.6) is 0 Å². The summed E-state index contributed by atoms with van der Waals surface area (Å²) >= 11 is 0. The van der Waals surface area contributed by atoms with Crippen LogP contribution in [0, 0.1) is 0 Å². The van der Waals surface area contributed by atoms with Gasteiger partial charge < -0.3 is 0 Å². The highest BCUT2D eigenvalue weighted by Gasteiger charge is 2.62. The van der Waals surface area contributed by atoms with Crippen LogP contribution in [0.2, 0.25) is 0 Å². The summed E-state index contributed by atoms with van der Waals surface area (Å²) < 4.78 is 62.9. The van der Waals surface area contributed by atoms with Crippen molar-refractivity contribution in [2.24, 2.45) is 0 Å². The third kappa shape index (κ3) is 1.50. The van der Waals surface area contributed by atoms with E-state index in [1.807, 2.05) is 0 Å². The average Bonchev–Trinajstić information content (AvgIpc) is 2.59. The maximum Gasteiger partial charge on any atom is 0.454 e. The van der Waals surface area contributed by atoms with Crippen LogP contribution in [0.1, 0.15) is 17.0 Å². The third-order valence-corrected chi connectivity index (χ3v) is 2.57. The van der Waals surface area contributed by atoms with Crippen LogP contribution in [0.4, 0.5) is 22.0 Å². The SMILES string of the molecule is FC(F)(F)C(F)(F)C1C=Cc2ccccc21. The minimum Gasteiger partial charge on any atom is -0.195 e. The molecule has 5 heteroatoms. The molecule has 1 aliphatic carbocycles. The largest absolute Gasteiger partial charge is 0.454 e. The molecule has 0 bridgehead atoms. The molecule has 1 unspecified atom stereocenters. The van der Waals surface area contributed by atoms with E-state index in [0.717, 1.165) is 6.08 Å². The zero-order valence-electron chi connectivity index (χ0n) is 7.93. The van der Waals surface area contributed by atoms with Gasteiger partial charge in [-0.3, -0.25) is 0 Å². The number of fused-ring (bicyclic) bond motifs is 1. The highest BCUT2D eigenvalue weighted by Crippen LogP contribution is 2.49. The Kier molecular flexibility index (Phi) is 2.29. The maximum absolute atomic E-state index is 13.1. The standard InChI is InChI=1S/C11H7F5/c12-10(13,11(14,15)16)9-6-5-7-3-1-2-4-8(7)9/h1-6,9H. The summed E-state index contributed by atoms with van der Waals surface area (Å²) in [5.41, 5.74) is 0.432. The second kappa shape index (κ2) is 3.30. The number of hydrogen-bond acceptors (Lipinski definition) is 0. The van der Waals surface area contributed by atoms with Crippen molar-refractivity contribution in [1.29, 1.82) is 0 Å². The van der Waals surface area contributed by atoms with Gasteiger partial charge in [0.25, 0.3) is 0 Å². The van der Waals surface area contributed by atoms with Gasteiger partial charge in [0.15, 0.2) is 0 Å². The predicted octanol–water partition coefficient (Wildman–Crippen LogP) is 3.99. The van der Waals surface area contributed by atoms with E-state index in [4.69, 9.17) is 0 Å². The Morgan fingerprint density at radius 3 is 2.19 bits per heavy atom. The molecule has 1 aromatic carbocycles. The van der Waals surface area contributed by atoms with Crippen LogP contribution in [0.15, 0.2) is 30.3 Å². The molecule has 0 spiro atoms. The Balaban J connectivity index is 2.43. The molecule has 0 aliphatic heterocycles. The van der Waals surface area contributed by atoms with E-state index in [1.165, 1.54) is 24.3 Å². The Hall–Kier alpha value is -1.39. The monoisotopic (exact) mass is 234 g/mol. The van der Waals surface area contributed by atoms with Crippen molar-refractivity contribution in [3.05, 3.63) is 41.5 Å². The van der Waals surface area contributed by atoms with Gasteiger partial charge in [0.1, 0.15) is 0 Å². The fourth-order valence-electron chi connectivity index (χ4n) is 1.74. The predicted molar refractivity (Wildman–Crippen MR) is 49.2 cm³/mol. The molecule has 1 aliphatic rings. The first-order chi connectivity index (χ1) is 7.34. The molecule has 1 aromatic rings. The van der Waals surface area contributed by atoms with Crippen molar-refractivity contribution >= 4 is 6.08 Å². The van der Waals surface area contributed by atoms with Crippen molar-refractivity contribution in [2.75, 3.05) is 0 Å². The topological polar surface area (TPSA) is 0 Å². The molecular formula is C11H7F5. The van der Waals surface area contributed by atoms with E-state index < -0.39 is 18.0 Å². The molecule has 0 saturated carbocycles. The molecular weight excluding hydrogens is 227 g/mol. The van der Waals surface area contributed by atoms with Crippen molar-refractivity contribution in [3.63, 3.8) is 0 Å². The van der Waals surface area contributed by atoms with Gasteiger partial charge in [-0.2, -0.15) is 22.0 Å². The van der Waals surface area contributed by atoms with Gasteiger partial charge in [-0.25, -0.2) is 0 Å². The summed E-state index contributed by atoms with van der Waals surface area (Å²) in [6.07, 6.45) is -3.34. The van der Waals surface area contributed by atoms with E-state index in [1.54, 1.807) is 6.07 Å². The first-order valence-electron chi connectivity index (χ1n) is 4.55. The molecule has 0 aromatic heterocycles. The van der Waals surface area contributed by atoms with Gasteiger partial charge >= 0.3 is 12.1 Å². The number of benzene rings is 1. The first kappa shape index (κ1) is 11.1. The molecule has 0 radical (unpaired) electrons. The molecule has 0 N–H and O–H groups in total. The summed E-state index contributed by atoms with van der Waals surface area (Å²) in [5.74, 6) is -6.64. The van der Waals surface area contributed by atoms with Crippen LogP contribution in [0.3, 0.4) is 0 Å². The van der Waals surface area contributed by atoms with Crippen molar-refractivity contribution in [1.82, 2.24) is 0 Å². The molecule has 1 atom stereocenters. The Morgan fingerprint density at radius 1 is 0.938 bits per heavy atom. The second-order valence-electron chi connectivity index (χ2n) is 3.59. The van der Waals surface area contributed by atoms with Gasteiger partial charge in [0.05, 0.1) is 5.92 Å². The lowest BCUT2D eigenvalue weighted by Gasteiger charge is -2.25. The fourth-order valence-corrected chi connectivity index (χ4v) is 1.74. The summed E-state index contributed by atoms with van der Waals surface area (Å²) in [7, 11) is 0. The van der Waals surface area contributed by atoms with E-state index in [9.17, 15) is 22.0 Å². The van der Waals surface area contributed by atoms with Crippen molar-refractivity contribution in [3.8, 4) is 0 Å². The number of alkyl halides is 5. The number of allylic oxidation sites excluding steroid dienone is 1. The summed E-state index contributed by atoms with van der Waals surface area (Å²) in [6.45, 7) is 0. The summed E-state index contributed by atoms with van der Waals surface area (Å²) in [5, 5.41) is 0. The van der Waals surface area contributed by atoms with Crippen molar-refractivity contribution in [2.45, 2.75) is 18.0 Å². The Labute approximate surface area is 88.4 Å².